The van der Waals surface area contributed by atoms with E-state index in [-0.39, 0.29) is 24.9 Å². The first-order valence-electron chi connectivity index (χ1n) is 16.0. The van der Waals surface area contributed by atoms with Crippen molar-refractivity contribution in [3.05, 3.63) is 0 Å². The Kier molecular flexibility index (Phi) is 15.7. The largest absolute Gasteiger partial charge is 0.480 e. The molecule has 0 aliphatic carbocycles. The van der Waals surface area contributed by atoms with E-state index in [0.29, 0.717) is 130 Å². The number of hydrogen-bond acceptors (Lipinski definition) is 12. The van der Waals surface area contributed by atoms with Gasteiger partial charge in [0.2, 0.25) is 11.8 Å². The Morgan fingerprint density at radius 2 is 0.750 bits per heavy atom. The van der Waals surface area contributed by atoms with Crippen LogP contribution in [0.15, 0.2) is 0 Å². The third kappa shape index (κ3) is 13.7. The Bertz CT molecular complexity index is 841. The zero-order chi connectivity index (χ0) is 31.9. The van der Waals surface area contributed by atoms with Crippen molar-refractivity contribution in [2.45, 2.75) is 25.7 Å². The first-order chi connectivity index (χ1) is 21.1. The third-order valence-electron chi connectivity index (χ3n) is 8.71. The van der Waals surface area contributed by atoms with E-state index in [1.165, 1.54) is 0 Å². The number of amides is 2. The number of rotatable bonds is 12. The summed E-state index contributed by atoms with van der Waals surface area (Å²) < 4.78 is 0. The molecule has 0 bridgehead atoms. The topological polar surface area (TPSA) is 187 Å². The van der Waals surface area contributed by atoms with Crippen LogP contribution in [0, 0.1) is 0 Å². The molecule has 252 valence electrons. The summed E-state index contributed by atoms with van der Waals surface area (Å²) in [5, 5.41) is 22.4. The van der Waals surface area contributed by atoms with Crippen LogP contribution in [0.2, 0.25) is 0 Å². The van der Waals surface area contributed by atoms with Gasteiger partial charge >= 0.3 is 11.9 Å². The molecule has 44 heavy (non-hydrogen) atoms. The van der Waals surface area contributed by atoms with Crippen LogP contribution in [0.3, 0.4) is 0 Å². The van der Waals surface area contributed by atoms with Crippen LogP contribution < -0.4 is 11.7 Å². The number of aliphatic carboxylic acids is 2. The lowest BCUT2D eigenvalue weighted by Gasteiger charge is -2.34. The maximum Gasteiger partial charge on any atom is 0.317 e. The van der Waals surface area contributed by atoms with Crippen molar-refractivity contribution in [2.75, 3.05) is 131 Å². The molecule has 0 aromatic heterocycles. The van der Waals surface area contributed by atoms with Crippen molar-refractivity contribution >= 4 is 23.8 Å². The van der Waals surface area contributed by atoms with Gasteiger partial charge in [0, 0.05) is 118 Å². The number of carbonyl (C=O) groups excluding carboxylic acids is 2. The van der Waals surface area contributed by atoms with Crippen LogP contribution in [0.25, 0.3) is 0 Å². The summed E-state index contributed by atoms with van der Waals surface area (Å²) in [5.41, 5.74) is 0. The minimum absolute atomic E-state index is 0.110. The van der Waals surface area contributed by atoms with Crippen molar-refractivity contribution < 1.29 is 29.4 Å². The predicted octanol–water partition coefficient (Wildman–Crippen LogP) is -3.03. The Labute approximate surface area is 261 Å². The smallest absolute Gasteiger partial charge is 0.317 e. The molecular formula is C28H54N10O6. The summed E-state index contributed by atoms with van der Waals surface area (Å²) >= 11 is 0. The van der Waals surface area contributed by atoms with E-state index < -0.39 is 11.9 Å². The van der Waals surface area contributed by atoms with Gasteiger partial charge in [-0.15, -0.1) is 0 Å². The SMILES string of the molecule is NN1CCN(C(=O)CCCN2CCN(CCCC(=O)N3CCN(N)CC3)CCN(CC(=O)O)CCN(CC(=O)O)CC2)CC1. The number of hydrazine groups is 2. The lowest BCUT2D eigenvalue weighted by molar-refractivity contribution is -0.140. The molecule has 0 atom stereocenters. The normalized spacial score (nSPS) is 22.0. The quantitative estimate of drug-likeness (QED) is 0.160. The van der Waals surface area contributed by atoms with Gasteiger partial charge in [0.05, 0.1) is 13.1 Å². The molecule has 3 aliphatic rings. The minimum Gasteiger partial charge on any atom is -0.480 e. The monoisotopic (exact) mass is 626 g/mol. The highest BCUT2D eigenvalue weighted by atomic mass is 16.4. The van der Waals surface area contributed by atoms with E-state index in [0.717, 1.165) is 13.1 Å². The van der Waals surface area contributed by atoms with Crippen molar-refractivity contribution in [1.82, 2.24) is 39.4 Å². The van der Waals surface area contributed by atoms with Gasteiger partial charge in [0.1, 0.15) is 0 Å². The van der Waals surface area contributed by atoms with Crippen LogP contribution in [-0.4, -0.2) is 204 Å². The average molecular weight is 627 g/mol. The van der Waals surface area contributed by atoms with Gasteiger partial charge in [0.25, 0.3) is 0 Å². The molecule has 0 aromatic carbocycles. The van der Waals surface area contributed by atoms with Gasteiger partial charge < -0.3 is 29.8 Å². The second-order valence-electron chi connectivity index (χ2n) is 12.1. The summed E-state index contributed by atoms with van der Waals surface area (Å²) in [7, 11) is 0. The maximum absolute atomic E-state index is 12.8. The molecule has 16 nitrogen and oxygen atoms in total. The van der Waals surface area contributed by atoms with Crippen LogP contribution >= 0.6 is 0 Å². The summed E-state index contributed by atoms with van der Waals surface area (Å²) in [6.07, 6.45) is 2.32. The first kappa shape index (κ1) is 36.0. The van der Waals surface area contributed by atoms with E-state index in [9.17, 15) is 29.4 Å². The highest BCUT2D eigenvalue weighted by molar-refractivity contribution is 5.76. The fraction of sp³-hybridized carbons (Fsp3) is 0.857. The Balaban J connectivity index is 1.58. The second kappa shape index (κ2) is 19.2. The molecule has 3 aliphatic heterocycles. The first-order valence-corrected chi connectivity index (χ1v) is 16.0. The van der Waals surface area contributed by atoms with E-state index in [2.05, 4.69) is 9.80 Å². The Hall–Kier alpha value is -2.44. The summed E-state index contributed by atoms with van der Waals surface area (Å²) in [6, 6.07) is 0. The molecule has 0 saturated carbocycles. The number of piperazine rings is 2. The molecule has 3 heterocycles. The number of carbonyl (C=O) groups is 4. The molecule has 0 spiro atoms. The van der Waals surface area contributed by atoms with Gasteiger partial charge in [-0.2, -0.15) is 0 Å². The fourth-order valence-corrected chi connectivity index (χ4v) is 5.89. The van der Waals surface area contributed by atoms with Crippen LogP contribution in [0.4, 0.5) is 0 Å². The van der Waals surface area contributed by atoms with Crippen molar-refractivity contribution in [2.24, 2.45) is 11.7 Å². The highest BCUT2D eigenvalue weighted by Gasteiger charge is 2.23. The Morgan fingerprint density at radius 3 is 1.05 bits per heavy atom. The lowest BCUT2D eigenvalue weighted by atomic mass is 10.2. The molecule has 16 heteroatoms. The standard InChI is InChI=1S/C28H54N10O6/c29-37-19-15-35(16-20-37)25(39)3-1-5-31-7-8-32(6-2-4-26(40)36-17-21-38(30)22-18-36)10-12-34(24-28(43)44)14-13-33(11-9-31)23-27(41)42/h1-24,29-30H2,(H,41,42)(H,43,44). The van der Waals surface area contributed by atoms with Gasteiger partial charge in [-0.1, -0.05) is 0 Å². The number of carboxylic acids is 2. The van der Waals surface area contributed by atoms with E-state index in [1.54, 1.807) is 10.0 Å². The van der Waals surface area contributed by atoms with Gasteiger partial charge in [-0.3, -0.25) is 40.7 Å². The summed E-state index contributed by atoms with van der Waals surface area (Å²) in [5.74, 6) is 10.1. The molecule has 6 N–H and O–H groups in total. The number of nitrogens with two attached hydrogens (primary N) is 2. The molecule has 3 rings (SSSR count). The molecular weight excluding hydrogens is 572 g/mol. The molecule has 2 amide bonds. The molecule has 0 aromatic rings. The van der Waals surface area contributed by atoms with Crippen LogP contribution in [-0.2, 0) is 19.2 Å². The van der Waals surface area contributed by atoms with Crippen LogP contribution in [0.5, 0.6) is 0 Å². The van der Waals surface area contributed by atoms with Crippen molar-refractivity contribution in [3.63, 3.8) is 0 Å². The highest BCUT2D eigenvalue weighted by Crippen LogP contribution is 2.08. The second-order valence-corrected chi connectivity index (χ2v) is 12.1. The predicted molar refractivity (Wildman–Crippen MR) is 164 cm³/mol. The molecule has 3 fully saturated rings. The van der Waals surface area contributed by atoms with Crippen molar-refractivity contribution in [3.8, 4) is 0 Å². The lowest BCUT2D eigenvalue weighted by Crippen LogP contribution is -2.51. The Morgan fingerprint density at radius 1 is 0.455 bits per heavy atom. The summed E-state index contributed by atoms with van der Waals surface area (Å²) in [4.78, 5) is 60.7. The zero-order valence-corrected chi connectivity index (χ0v) is 26.2. The summed E-state index contributed by atoms with van der Waals surface area (Å²) in [6.45, 7) is 11.2. The fourth-order valence-electron chi connectivity index (χ4n) is 5.89. The van der Waals surface area contributed by atoms with E-state index in [1.807, 2.05) is 19.6 Å². The maximum atomic E-state index is 12.8. The third-order valence-corrected chi connectivity index (χ3v) is 8.71. The van der Waals surface area contributed by atoms with Gasteiger partial charge in [-0.05, 0) is 25.9 Å². The molecule has 0 unspecified atom stereocenters. The zero-order valence-electron chi connectivity index (χ0n) is 26.2. The van der Waals surface area contributed by atoms with Gasteiger partial charge in [-0.25, -0.2) is 10.0 Å². The minimum atomic E-state index is -0.915. The average Bonchev–Trinajstić information content (AvgIpc) is 2.98. The number of hydrogen-bond donors (Lipinski definition) is 4. The molecule has 3 saturated heterocycles. The number of nitrogens with zero attached hydrogens (tertiary/aromatic N) is 8. The number of carboxylic acid groups (broad SMARTS) is 2. The van der Waals surface area contributed by atoms with Gasteiger partial charge in [0.15, 0.2) is 0 Å². The van der Waals surface area contributed by atoms with Crippen LogP contribution in [0.1, 0.15) is 25.7 Å². The molecule has 0 radical (unpaired) electrons. The van der Waals surface area contributed by atoms with Crippen molar-refractivity contribution in [1.29, 1.82) is 0 Å². The van der Waals surface area contributed by atoms with E-state index >= 15 is 0 Å². The van der Waals surface area contributed by atoms with E-state index in [4.69, 9.17) is 11.7 Å².